The van der Waals surface area contributed by atoms with Crippen LogP contribution in [0.25, 0.3) is 10.9 Å². The lowest BCUT2D eigenvalue weighted by molar-refractivity contribution is 0.389. The van der Waals surface area contributed by atoms with E-state index in [-0.39, 0.29) is 0 Å². The van der Waals surface area contributed by atoms with Crippen molar-refractivity contribution in [1.29, 1.82) is 0 Å². The number of aromatic nitrogens is 1. The van der Waals surface area contributed by atoms with Crippen LogP contribution in [0.2, 0.25) is 0 Å². The molecule has 3 rings (SSSR count). The molecule has 1 heterocycles. The smallest absolute Gasteiger partial charge is 0.0454 e. The highest BCUT2D eigenvalue weighted by Gasteiger charge is 2.10. The van der Waals surface area contributed by atoms with Gasteiger partial charge in [0.25, 0.3) is 0 Å². The molecule has 1 saturated carbocycles. The number of hydrogen-bond donors (Lipinski definition) is 2. The average molecular weight is 256 g/mol. The van der Waals surface area contributed by atoms with Gasteiger partial charge >= 0.3 is 0 Å². The van der Waals surface area contributed by atoms with E-state index in [0.29, 0.717) is 0 Å². The van der Waals surface area contributed by atoms with Crippen molar-refractivity contribution in [2.24, 2.45) is 0 Å². The molecule has 0 unspecified atom stereocenters. The molecule has 0 spiro atoms. The maximum Gasteiger partial charge on any atom is 0.0454 e. The third-order valence-electron chi connectivity index (χ3n) is 4.32. The van der Waals surface area contributed by atoms with E-state index < -0.39 is 0 Å². The number of benzene rings is 1. The van der Waals surface area contributed by atoms with Gasteiger partial charge in [-0.1, -0.05) is 38.2 Å². The predicted molar refractivity (Wildman–Crippen MR) is 81.2 cm³/mol. The van der Waals surface area contributed by atoms with E-state index in [9.17, 15) is 0 Å². The van der Waals surface area contributed by atoms with E-state index in [0.717, 1.165) is 12.6 Å². The summed E-state index contributed by atoms with van der Waals surface area (Å²) >= 11 is 0. The Morgan fingerprint density at radius 2 is 1.79 bits per heavy atom. The van der Waals surface area contributed by atoms with Crippen LogP contribution in [0.15, 0.2) is 30.5 Å². The van der Waals surface area contributed by atoms with Gasteiger partial charge in [-0.25, -0.2) is 0 Å². The van der Waals surface area contributed by atoms with E-state index in [2.05, 4.69) is 34.6 Å². The van der Waals surface area contributed by atoms with Crippen molar-refractivity contribution in [3.05, 3.63) is 36.0 Å². The molecular weight excluding hydrogens is 232 g/mol. The third kappa shape index (κ3) is 3.38. The molecule has 1 aliphatic rings. The fourth-order valence-corrected chi connectivity index (χ4v) is 3.14. The van der Waals surface area contributed by atoms with E-state index >= 15 is 0 Å². The Kier molecular flexibility index (Phi) is 4.19. The van der Waals surface area contributed by atoms with Crippen molar-refractivity contribution in [3.8, 4) is 0 Å². The van der Waals surface area contributed by atoms with Crippen LogP contribution in [0.4, 0.5) is 0 Å². The number of rotatable bonds is 3. The summed E-state index contributed by atoms with van der Waals surface area (Å²) in [6.07, 6.45) is 11.8. The van der Waals surface area contributed by atoms with Gasteiger partial charge in [0.2, 0.25) is 0 Å². The molecule has 0 radical (unpaired) electrons. The van der Waals surface area contributed by atoms with Gasteiger partial charge in [-0.3, -0.25) is 0 Å². The summed E-state index contributed by atoms with van der Waals surface area (Å²) < 4.78 is 0. The highest BCUT2D eigenvalue weighted by molar-refractivity contribution is 5.79. The minimum Gasteiger partial charge on any atom is -0.361 e. The van der Waals surface area contributed by atoms with Crippen LogP contribution in [-0.4, -0.2) is 11.0 Å². The number of nitrogens with one attached hydrogen (secondary N) is 2. The average Bonchev–Trinajstić information content (AvgIpc) is 2.84. The van der Waals surface area contributed by atoms with Crippen molar-refractivity contribution >= 4 is 10.9 Å². The first-order valence-corrected chi connectivity index (χ1v) is 7.71. The molecule has 1 fully saturated rings. The van der Waals surface area contributed by atoms with Crippen LogP contribution in [0, 0.1) is 0 Å². The molecule has 0 bridgehead atoms. The zero-order valence-corrected chi connectivity index (χ0v) is 11.6. The lowest BCUT2D eigenvalue weighted by Crippen LogP contribution is -2.29. The van der Waals surface area contributed by atoms with Gasteiger partial charge in [-0.15, -0.1) is 0 Å². The minimum atomic E-state index is 0.724. The van der Waals surface area contributed by atoms with Gasteiger partial charge in [0, 0.05) is 24.3 Å². The Labute approximate surface area is 115 Å². The Morgan fingerprint density at radius 3 is 2.63 bits per heavy atom. The minimum absolute atomic E-state index is 0.724. The summed E-state index contributed by atoms with van der Waals surface area (Å²) in [6.45, 7) is 1.01. The van der Waals surface area contributed by atoms with Crippen molar-refractivity contribution < 1.29 is 0 Å². The lowest BCUT2D eigenvalue weighted by atomic mass is 9.96. The third-order valence-corrected chi connectivity index (χ3v) is 4.32. The summed E-state index contributed by atoms with van der Waals surface area (Å²) in [5.41, 5.74) is 2.63. The molecule has 2 nitrogen and oxygen atoms in total. The molecule has 0 amide bonds. The summed E-state index contributed by atoms with van der Waals surface area (Å²) in [4.78, 5) is 3.25. The van der Waals surface area contributed by atoms with Gasteiger partial charge in [-0.05, 0) is 42.0 Å². The molecule has 1 aromatic carbocycles. The maximum atomic E-state index is 3.75. The summed E-state index contributed by atoms with van der Waals surface area (Å²) in [5, 5.41) is 5.07. The first-order valence-electron chi connectivity index (χ1n) is 7.71. The molecule has 2 N–H and O–H groups in total. The topological polar surface area (TPSA) is 27.8 Å². The normalized spacial score (nSPS) is 18.3. The molecular formula is C17H24N2. The van der Waals surface area contributed by atoms with Crippen molar-refractivity contribution in [2.45, 2.75) is 57.5 Å². The Balaban J connectivity index is 1.57. The lowest BCUT2D eigenvalue weighted by Gasteiger charge is -2.21. The highest BCUT2D eigenvalue weighted by Crippen LogP contribution is 2.18. The first kappa shape index (κ1) is 12.7. The molecule has 1 aromatic heterocycles. The van der Waals surface area contributed by atoms with Gasteiger partial charge in [0.1, 0.15) is 0 Å². The van der Waals surface area contributed by atoms with E-state index in [4.69, 9.17) is 0 Å². The number of H-pyrrole nitrogens is 1. The monoisotopic (exact) mass is 256 g/mol. The zero-order chi connectivity index (χ0) is 12.9. The zero-order valence-electron chi connectivity index (χ0n) is 11.6. The standard InChI is InChI=1S/C17H24N2/c1-2-4-6-16(7-5-3-1)19-13-14-8-9-17-15(12-14)10-11-18-17/h8-12,16,18-19H,1-7,13H2. The van der Waals surface area contributed by atoms with Gasteiger partial charge in [0.05, 0.1) is 0 Å². The van der Waals surface area contributed by atoms with Crippen LogP contribution in [0.3, 0.4) is 0 Å². The molecule has 102 valence electrons. The fraction of sp³-hybridized carbons (Fsp3) is 0.529. The number of hydrogen-bond acceptors (Lipinski definition) is 1. The second kappa shape index (κ2) is 6.25. The van der Waals surface area contributed by atoms with Crippen LogP contribution >= 0.6 is 0 Å². The molecule has 19 heavy (non-hydrogen) atoms. The Bertz CT molecular complexity index is 507. The largest absolute Gasteiger partial charge is 0.361 e. The molecule has 1 aliphatic carbocycles. The highest BCUT2D eigenvalue weighted by atomic mass is 14.9. The van der Waals surface area contributed by atoms with Crippen molar-refractivity contribution in [3.63, 3.8) is 0 Å². The van der Waals surface area contributed by atoms with Crippen LogP contribution in [-0.2, 0) is 6.54 Å². The Hall–Kier alpha value is -1.28. The molecule has 0 aliphatic heterocycles. The SMILES string of the molecule is c1cc2cc(CNC3CCCCCCC3)ccc2[nH]1. The Morgan fingerprint density at radius 1 is 1.00 bits per heavy atom. The second-order valence-electron chi connectivity index (χ2n) is 5.82. The fourth-order valence-electron chi connectivity index (χ4n) is 3.14. The summed E-state index contributed by atoms with van der Waals surface area (Å²) in [7, 11) is 0. The quantitative estimate of drug-likeness (QED) is 0.838. The number of fused-ring (bicyclic) bond motifs is 1. The maximum absolute atomic E-state index is 3.75. The van der Waals surface area contributed by atoms with Gasteiger partial charge in [-0.2, -0.15) is 0 Å². The van der Waals surface area contributed by atoms with Crippen LogP contribution in [0.5, 0.6) is 0 Å². The van der Waals surface area contributed by atoms with E-state index in [1.807, 2.05) is 6.20 Å². The predicted octanol–water partition coefficient (Wildman–Crippen LogP) is 4.37. The molecule has 0 saturated heterocycles. The van der Waals surface area contributed by atoms with Crippen LogP contribution in [0.1, 0.15) is 50.5 Å². The molecule has 2 aromatic rings. The van der Waals surface area contributed by atoms with Crippen LogP contribution < -0.4 is 5.32 Å². The van der Waals surface area contributed by atoms with E-state index in [1.54, 1.807) is 0 Å². The second-order valence-corrected chi connectivity index (χ2v) is 5.82. The molecule has 0 atom stereocenters. The van der Waals surface area contributed by atoms with Crippen molar-refractivity contribution in [2.75, 3.05) is 0 Å². The first-order chi connectivity index (χ1) is 9.42. The van der Waals surface area contributed by atoms with Crippen molar-refractivity contribution in [1.82, 2.24) is 10.3 Å². The van der Waals surface area contributed by atoms with Gasteiger partial charge < -0.3 is 10.3 Å². The van der Waals surface area contributed by atoms with Gasteiger partial charge in [0.15, 0.2) is 0 Å². The number of aromatic amines is 1. The molecule has 2 heteroatoms. The summed E-state index contributed by atoms with van der Waals surface area (Å²) in [6, 6.07) is 9.58. The summed E-state index contributed by atoms with van der Waals surface area (Å²) in [5.74, 6) is 0. The van der Waals surface area contributed by atoms with E-state index in [1.165, 1.54) is 61.4 Å².